The van der Waals surface area contributed by atoms with Gasteiger partial charge in [-0.05, 0) is 28.1 Å². The van der Waals surface area contributed by atoms with Crippen molar-refractivity contribution in [3.8, 4) is 0 Å². The quantitative estimate of drug-likeness (QED) is 0.837. The van der Waals surface area contributed by atoms with Gasteiger partial charge in [0.1, 0.15) is 16.1 Å². The largest absolute Gasteiger partial charge is 0.347 e. The van der Waals surface area contributed by atoms with Crippen molar-refractivity contribution in [2.45, 2.75) is 6.54 Å². The van der Waals surface area contributed by atoms with Crippen LogP contribution in [0.15, 0.2) is 35.2 Å². The average Bonchev–Trinajstić information content (AvgIpc) is 2.78. The molecule has 0 aromatic carbocycles. The highest BCUT2D eigenvalue weighted by Gasteiger charge is 2.07. The van der Waals surface area contributed by atoms with Crippen molar-refractivity contribution in [3.05, 3.63) is 46.7 Å². The molecule has 0 fully saturated rings. The maximum atomic E-state index is 11.7. The summed E-state index contributed by atoms with van der Waals surface area (Å²) in [6, 6.07) is 5.18. The Bertz CT molecular complexity index is 483. The molecule has 2 aromatic heterocycles. The molecule has 2 rings (SSSR count). The van der Waals surface area contributed by atoms with Crippen LogP contribution in [0.25, 0.3) is 0 Å². The van der Waals surface area contributed by atoms with E-state index in [-0.39, 0.29) is 5.91 Å². The summed E-state index contributed by atoms with van der Waals surface area (Å²) in [5.41, 5.74) is 0.376. The molecular weight excluding hydrogens is 272 g/mol. The Morgan fingerprint density at radius 3 is 3.06 bits per heavy atom. The molecule has 0 aliphatic rings. The van der Waals surface area contributed by atoms with Gasteiger partial charge in [-0.2, -0.15) is 0 Å². The zero-order valence-corrected chi connectivity index (χ0v) is 9.86. The lowest BCUT2D eigenvalue weighted by atomic mass is 10.3. The zero-order valence-electron chi connectivity index (χ0n) is 8.27. The number of nitrogens with one attached hydrogen (secondary N) is 2. The van der Waals surface area contributed by atoms with Gasteiger partial charge in [0.05, 0.1) is 6.54 Å². The van der Waals surface area contributed by atoms with Crippen LogP contribution < -0.4 is 5.32 Å². The van der Waals surface area contributed by atoms with Gasteiger partial charge in [-0.3, -0.25) is 4.79 Å². The third kappa shape index (κ3) is 2.66. The van der Waals surface area contributed by atoms with Crippen molar-refractivity contribution in [2.75, 3.05) is 0 Å². The lowest BCUT2D eigenvalue weighted by Crippen LogP contribution is -2.24. The van der Waals surface area contributed by atoms with E-state index >= 15 is 0 Å². The number of hydrogen-bond acceptors (Lipinski definition) is 3. The molecule has 5 nitrogen and oxygen atoms in total. The maximum Gasteiger partial charge on any atom is 0.270 e. The SMILES string of the molecule is O=C(NCc1ncc[nH]1)c1cccc(Br)n1. The Labute approximate surface area is 100 Å². The predicted octanol–water partition coefficient (Wildman–Crippen LogP) is 1.50. The Kier molecular flexibility index (Phi) is 3.31. The summed E-state index contributed by atoms with van der Waals surface area (Å²) in [5, 5.41) is 2.71. The third-order valence-corrected chi connectivity index (χ3v) is 2.36. The smallest absolute Gasteiger partial charge is 0.270 e. The Balaban J connectivity index is 1.98. The molecule has 0 spiro atoms. The molecule has 0 saturated heterocycles. The van der Waals surface area contributed by atoms with Gasteiger partial charge in [0.2, 0.25) is 0 Å². The number of H-pyrrole nitrogens is 1. The van der Waals surface area contributed by atoms with E-state index in [1.165, 1.54) is 0 Å². The molecule has 2 N–H and O–H groups in total. The molecule has 0 aliphatic heterocycles. The van der Waals surface area contributed by atoms with Gasteiger partial charge in [-0.1, -0.05) is 6.07 Å². The van der Waals surface area contributed by atoms with Crippen LogP contribution in [0.1, 0.15) is 16.3 Å². The number of hydrogen-bond donors (Lipinski definition) is 2. The summed E-state index contributed by atoms with van der Waals surface area (Å²) in [7, 11) is 0. The molecule has 1 amide bonds. The average molecular weight is 281 g/mol. The van der Waals surface area contributed by atoms with E-state index in [0.717, 1.165) is 0 Å². The van der Waals surface area contributed by atoms with Gasteiger partial charge in [0.25, 0.3) is 5.91 Å². The highest BCUT2D eigenvalue weighted by molar-refractivity contribution is 9.10. The van der Waals surface area contributed by atoms with E-state index in [1.807, 2.05) is 0 Å². The lowest BCUT2D eigenvalue weighted by Gasteiger charge is -2.02. The van der Waals surface area contributed by atoms with E-state index in [1.54, 1.807) is 30.6 Å². The first kappa shape index (κ1) is 10.8. The van der Waals surface area contributed by atoms with Crippen molar-refractivity contribution in [2.24, 2.45) is 0 Å². The van der Waals surface area contributed by atoms with Crippen molar-refractivity contribution in [3.63, 3.8) is 0 Å². The van der Waals surface area contributed by atoms with E-state index < -0.39 is 0 Å². The van der Waals surface area contributed by atoms with Crippen molar-refractivity contribution < 1.29 is 4.79 Å². The normalized spacial score (nSPS) is 10.1. The number of rotatable bonds is 3. The van der Waals surface area contributed by atoms with E-state index in [2.05, 4.69) is 36.2 Å². The second kappa shape index (κ2) is 4.89. The molecule has 82 valence electrons. The minimum absolute atomic E-state index is 0.224. The summed E-state index contributed by atoms with van der Waals surface area (Å²) in [4.78, 5) is 22.6. The number of carbonyl (C=O) groups excluding carboxylic acids is 1. The fraction of sp³-hybridized carbons (Fsp3) is 0.100. The number of amides is 1. The topological polar surface area (TPSA) is 70.7 Å². The molecule has 6 heteroatoms. The number of pyridine rings is 1. The number of aromatic amines is 1. The first-order valence-electron chi connectivity index (χ1n) is 4.65. The fourth-order valence-electron chi connectivity index (χ4n) is 1.18. The van der Waals surface area contributed by atoms with Gasteiger partial charge < -0.3 is 10.3 Å². The standard InChI is InChI=1S/C10H9BrN4O/c11-8-3-1-2-7(15-8)10(16)14-6-9-12-4-5-13-9/h1-5H,6H2,(H,12,13)(H,14,16). The summed E-state index contributed by atoms with van der Waals surface area (Å²) in [5.74, 6) is 0.487. The molecule has 0 unspecified atom stereocenters. The molecule has 0 aliphatic carbocycles. The summed E-state index contributed by atoms with van der Waals surface area (Å²) < 4.78 is 0.637. The molecule has 0 bridgehead atoms. The Morgan fingerprint density at radius 2 is 2.38 bits per heavy atom. The molecule has 2 heterocycles. The fourth-order valence-corrected chi connectivity index (χ4v) is 1.53. The monoisotopic (exact) mass is 280 g/mol. The van der Waals surface area contributed by atoms with Crippen LogP contribution in [-0.4, -0.2) is 20.9 Å². The van der Waals surface area contributed by atoms with Crippen molar-refractivity contribution in [1.82, 2.24) is 20.3 Å². The Morgan fingerprint density at radius 1 is 1.50 bits per heavy atom. The molecular formula is C10H9BrN4O. The first-order chi connectivity index (χ1) is 7.75. The summed E-state index contributed by atoms with van der Waals surface area (Å²) in [6.45, 7) is 0.361. The minimum atomic E-state index is -0.224. The van der Waals surface area contributed by atoms with Crippen LogP contribution >= 0.6 is 15.9 Å². The van der Waals surface area contributed by atoms with E-state index in [4.69, 9.17) is 0 Å². The number of nitrogens with zero attached hydrogens (tertiary/aromatic N) is 2. The molecule has 16 heavy (non-hydrogen) atoms. The highest BCUT2D eigenvalue weighted by atomic mass is 79.9. The van der Waals surface area contributed by atoms with Crippen LogP contribution in [-0.2, 0) is 6.54 Å². The van der Waals surface area contributed by atoms with Crippen LogP contribution in [0, 0.1) is 0 Å². The summed E-state index contributed by atoms with van der Waals surface area (Å²) >= 11 is 3.21. The van der Waals surface area contributed by atoms with Crippen LogP contribution in [0.4, 0.5) is 0 Å². The maximum absolute atomic E-state index is 11.7. The number of aromatic nitrogens is 3. The van der Waals surface area contributed by atoms with Crippen LogP contribution in [0.5, 0.6) is 0 Å². The second-order valence-corrected chi connectivity index (χ2v) is 3.88. The number of imidazole rings is 1. The molecule has 0 atom stereocenters. The molecule has 0 saturated carbocycles. The lowest BCUT2D eigenvalue weighted by molar-refractivity contribution is 0.0945. The van der Waals surface area contributed by atoms with E-state index in [0.29, 0.717) is 22.7 Å². The molecule has 0 radical (unpaired) electrons. The van der Waals surface area contributed by atoms with Gasteiger partial charge >= 0.3 is 0 Å². The van der Waals surface area contributed by atoms with Gasteiger partial charge in [0.15, 0.2) is 0 Å². The van der Waals surface area contributed by atoms with Crippen LogP contribution in [0.2, 0.25) is 0 Å². The number of carbonyl (C=O) groups is 1. The first-order valence-corrected chi connectivity index (χ1v) is 5.44. The Hall–Kier alpha value is -1.69. The third-order valence-electron chi connectivity index (χ3n) is 1.92. The van der Waals surface area contributed by atoms with E-state index in [9.17, 15) is 4.79 Å². The van der Waals surface area contributed by atoms with Crippen molar-refractivity contribution >= 4 is 21.8 Å². The molecule has 2 aromatic rings. The zero-order chi connectivity index (χ0) is 11.4. The van der Waals surface area contributed by atoms with Gasteiger partial charge in [0, 0.05) is 12.4 Å². The van der Waals surface area contributed by atoms with Crippen molar-refractivity contribution in [1.29, 1.82) is 0 Å². The number of halogens is 1. The predicted molar refractivity (Wildman–Crippen MR) is 61.7 cm³/mol. The highest BCUT2D eigenvalue weighted by Crippen LogP contribution is 2.06. The van der Waals surface area contributed by atoms with Gasteiger partial charge in [-0.15, -0.1) is 0 Å². The van der Waals surface area contributed by atoms with Gasteiger partial charge in [-0.25, -0.2) is 9.97 Å². The minimum Gasteiger partial charge on any atom is -0.347 e. The second-order valence-electron chi connectivity index (χ2n) is 3.06. The van der Waals surface area contributed by atoms with Crippen LogP contribution in [0.3, 0.4) is 0 Å². The summed E-state index contributed by atoms with van der Waals surface area (Å²) in [6.07, 6.45) is 3.34.